The molecule has 3 rings (SSSR count). The molecule has 0 fully saturated rings. The van der Waals surface area contributed by atoms with Crippen molar-refractivity contribution in [1.82, 2.24) is 9.78 Å². The number of para-hydroxylation sites is 1. The molecular formula is C21H17F3N2O5. The molecule has 0 aliphatic rings. The van der Waals surface area contributed by atoms with Crippen LogP contribution in [0.5, 0.6) is 5.75 Å². The van der Waals surface area contributed by atoms with Crippen LogP contribution in [0.15, 0.2) is 48.5 Å². The fourth-order valence-electron chi connectivity index (χ4n) is 3.04. The molecule has 0 atom stereocenters. The first-order valence-electron chi connectivity index (χ1n) is 8.88. The van der Waals surface area contributed by atoms with Gasteiger partial charge in [-0.3, -0.25) is 0 Å². The fraction of sp³-hybridized carbons (Fsp3) is 0.190. The van der Waals surface area contributed by atoms with Crippen molar-refractivity contribution in [2.75, 3.05) is 14.2 Å². The number of ether oxygens (including phenoxy) is 3. The average Bonchev–Trinajstić information content (AvgIpc) is 3.12. The Kier molecular flexibility index (Phi) is 6.00. The van der Waals surface area contributed by atoms with Gasteiger partial charge in [-0.1, -0.05) is 18.2 Å². The van der Waals surface area contributed by atoms with E-state index in [1.54, 1.807) is 30.3 Å². The maximum absolute atomic E-state index is 12.6. The first-order chi connectivity index (χ1) is 14.7. The minimum atomic E-state index is -4.85. The average molecular weight is 434 g/mol. The summed E-state index contributed by atoms with van der Waals surface area (Å²) in [6.45, 7) is 1.53. The Bertz CT molecular complexity index is 1120. The molecule has 0 amide bonds. The van der Waals surface area contributed by atoms with E-state index in [9.17, 15) is 22.8 Å². The van der Waals surface area contributed by atoms with Crippen LogP contribution in [0.4, 0.5) is 13.2 Å². The zero-order valence-corrected chi connectivity index (χ0v) is 16.7. The zero-order valence-electron chi connectivity index (χ0n) is 16.7. The molecule has 0 bridgehead atoms. The van der Waals surface area contributed by atoms with Crippen molar-refractivity contribution in [3.8, 4) is 22.7 Å². The molecule has 0 aliphatic heterocycles. The maximum atomic E-state index is 12.6. The van der Waals surface area contributed by atoms with E-state index in [1.165, 1.54) is 17.7 Å². The van der Waals surface area contributed by atoms with Crippen LogP contribution in [0.1, 0.15) is 26.4 Å². The number of carbonyl (C=O) groups is 2. The summed E-state index contributed by atoms with van der Waals surface area (Å²) in [6.07, 6.45) is -4.85. The number of carbonyl (C=O) groups excluding carboxylic acids is 2. The van der Waals surface area contributed by atoms with Gasteiger partial charge in [0.15, 0.2) is 5.69 Å². The molecular weight excluding hydrogens is 417 g/mol. The summed E-state index contributed by atoms with van der Waals surface area (Å²) in [7, 11) is 2.29. The molecule has 7 nitrogen and oxygen atoms in total. The molecule has 0 radical (unpaired) electrons. The molecule has 0 N–H and O–H groups in total. The minimum Gasteiger partial charge on any atom is -0.465 e. The number of benzene rings is 2. The highest BCUT2D eigenvalue weighted by molar-refractivity contribution is 6.07. The summed E-state index contributed by atoms with van der Waals surface area (Å²) in [5.74, 6) is -2.12. The number of nitrogens with zero attached hydrogens (tertiary/aromatic N) is 2. The van der Waals surface area contributed by atoms with Gasteiger partial charge in [-0.05, 0) is 42.8 Å². The predicted octanol–water partition coefficient (Wildman–Crippen LogP) is 4.32. The summed E-state index contributed by atoms with van der Waals surface area (Å²) >= 11 is 0. The predicted molar refractivity (Wildman–Crippen MR) is 103 cm³/mol. The minimum absolute atomic E-state index is 0.0483. The van der Waals surface area contributed by atoms with E-state index in [0.29, 0.717) is 16.8 Å². The molecule has 2 aromatic carbocycles. The second-order valence-electron chi connectivity index (χ2n) is 6.33. The Morgan fingerprint density at radius 3 is 2.16 bits per heavy atom. The lowest BCUT2D eigenvalue weighted by Gasteiger charge is -2.11. The number of esters is 2. The van der Waals surface area contributed by atoms with Crippen molar-refractivity contribution in [3.63, 3.8) is 0 Å². The van der Waals surface area contributed by atoms with Gasteiger partial charge in [-0.2, -0.15) is 5.10 Å². The Hall–Kier alpha value is -3.82. The summed E-state index contributed by atoms with van der Waals surface area (Å²) < 4.78 is 52.4. The molecule has 31 heavy (non-hydrogen) atoms. The van der Waals surface area contributed by atoms with Crippen LogP contribution >= 0.6 is 0 Å². The number of alkyl halides is 3. The second kappa shape index (κ2) is 8.50. The quantitative estimate of drug-likeness (QED) is 0.557. The number of aromatic nitrogens is 2. The van der Waals surface area contributed by atoms with Crippen LogP contribution in [0.2, 0.25) is 0 Å². The molecule has 0 aliphatic carbocycles. The molecule has 0 saturated carbocycles. The van der Waals surface area contributed by atoms with Crippen molar-refractivity contribution in [2.45, 2.75) is 13.3 Å². The van der Waals surface area contributed by atoms with Gasteiger partial charge in [-0.15, -0.1) is 13.2 Å². The summed E-state index contributed by atoms with van der Waals surface area (Å²) in [4.78, 5) is 25.2. The van der Waals surface area contributed by atoms with E-state index >= 15 is 0 Å². The fourth-order valence-corrected chi connectivity index (χ4v) is 3.04. The van der Waals surface area contributed by atoms with E-state index in [2.05, 4.69) is 9.84 Å². The summed E-state index contributed by atoms with van der Waals surface area (Å²) in [6, 6.07) is 12.1. The Balaban J connectivity index is 2.26. The van der Waals surface area contributed by atoms with Crippen LogP contribution in [0.25, 0.3) is 16.9 Å². The highest BCUT2D eigenvalue weighted by Gasteiger charge is 2.33. The van der Waals surface area contributed by atoms with Crippen LogP contribution in [0, 0.1) is 6.92 Å². The van der Waals surface area contributed by atoms with Gasteiger partial charge in [0, 0.05) is 5.56 Å². The molecule has 162 valence electrons. The lowest BCUT2D eigenvalue weighted by atomic mass is 10.0. The number of aryl methyl sites for hydroxylation is 1. The Labute approximate surface area is 175 Å². The van der Waals surface area contributed by atoms with E-state index in [0.717, 1.165) is 26.4 Å². The van der Waals surface area contributed by atoms with E-state index < -0.39 is 24.1 Å². The first-order valence-corrected chi connectivity index (χ1v) is 8.88. The standard InChI is InChI=1S/C21H17F3N2O5/c1-12-11-14(31-21(22,23)24)9-10-15(12)17-16(19(27)29-2)18(20(28)30-3)26(25-17)13-7-5-4-6-8-13/h4-11H,1-3H3. The number of hydrogen-bond donors (Lipinski definition) is 0. The van der Waals surface area contributed by atoms with Gasteiger partial charge >= 0.3 is 18.3 Å². The molecule has 1 heterocycles. The third kappa shape index (κ3) is 4.52. The smallest absolute Gasteiger partial charge is 0.465 e. The van der Waals surface area contributed by atoms with Gasteiger partial charge in [0.1, 0.15) is 17.0 Å². The van der Waals surface area contributed by atoms with Crippen LogP contribution in [0.3, 0.4) is 0 Å². The maximum Gasteiger partial charge on any atom is 0.573 e. The lowest BCUT2D eigenvalue weighted by Crippen LogP contribution is -2.17. The van der Waals surface area contributed by atoms with Crippen molar-refractivity contribution >= 4 is 11.9 Å². The topological polar surface area (TPSA) is 79.7 Å². The number of methoxy groups -OCH3 is 2. The highest BCUT2D eigenvalue weighted by atomic mass is 19.4. The van der Waals surface area contributed by atoms with E-state index in [1.807, 2.05) is 0 Å². The monoisotopic (exact) mass is 434 g/mol. The summed E-state index contributed by atoms with van der Waals surface area (Å²) in [5, 5.41) is 4.41. The van der Waals surface area contributed by atoms with E-state index in [4.69, 9.17) is 9.47 Å². The third-order valence-corrected chi connectivity index (χ3v) is 4.34. The number of rotatable bonds is 5. The van der Waals surface area contributed by atoms with Crippen molar-refractivity contribution in [3.05, 3.63) is 65.4 Å². The number of halogens is 3. The van der Waals surface area contributed by atoms with Gasteiger partial charge in [0.05, 0.1) is 19.9 Å². The molecule has 0 unspecified atom stereocenters. The SMILES string of the molecule is COC(=O)c1c(-c2ccc(OC(F)(F)F)cc2C)nn(-c2ccccc2)c1C(=O)OC. The Morgan fingerprint density at radius 1 is 0.968 bits per heavy atom. The van der Waals surface area contributed by atoms with Crippen molar-refractivity contribution < 1.29 is 37.0 Å². The lowest BCUT2D eigenvalue weighted by molar-refractivity contribution is -0.274. The van der Waals surface area contributed by atoms with Gasteiger partial charge in [-0.25, -0.2) is 14.3 Å². The largest absolute Gasteiger partial charge is 0.573 e. The third-order valence-electron chi connectivity index (χ3n) is 4.34. The molecule has 1 aromatic heterocycles. The van der Waals surface area contributed by atoms with Gasteiger partial charge < -0.3 is 14.2 Å². The normalized spacial score (nSPS) is 11.2. The van der Waals surface area contributed by atoms with Crippen LogP contribution in [-0.2, 0) is 9.47 Å². The highest BCUT2D eigenvalue weighted by Crippen LogP contribution is 2.34. The second-order valence-corrected chi connectivity index (χ2v) is 6.33. The molecule has 0 saturated heterocycles. The van der Waals surface area contributed by atoms with Crippen molar-refractivity contribution in [2.24, 2.45) is 0 Å². The van der Waals surface area contributed by atoms with E-state index in [-0.39, 0.29) is 17.0 Å². The summed E-state index contributed by atoms with van der Waals surface area (Å²) in [5.41, 5.74) is 0.813. The van der Waals surface area contributed by atoms with Gasteiger partial charge in [0.25, 0.3) is 0 Å². The van der Waals surface area contributed by atoms with Crippen LogP contribution < -0.4 is 4.74 Å². The first kappa shape index (κ1) is 21.9. The van der Waals surface area contributed by atoms with Crippen molar-refractivity contribution in [1.29, 1.82) is 0 Å². The zero-order chi connectivity index (χ0) is 22.8. The van der Waals surface area contributed by atoms with Crippen LogP contribution in [-0.4, -0.2) is 42.3 Å². The number of hydrogen-bond acceptors (Lipinski definition) is 6. The molecule has 10 heteroatoms. The van der Waals surface area contributed by atoms with Gasteiger partial charge in [0.2, 0.25) is 0 Å². The molecule has 0 spiro atoms. The molecule has 3 aromatic rings. The Morgan fingerprint density at radius 2 is 1.61 bits per heavy atom.